The third kappa shape index (κ3) is 4.90. The summed E-state index contributed by atoms with van der Waals surface area (Å²) in [4.78, 5) is 0. The van der Waals surface area contributed by atoms with Crippen LogP contribution in [0.3, 0.4) is 0 Å². The number of thioether (sulfide) groups is 1. The van der Waals surface area contributed by atoms with Gasteiger partial charge in [0.2, 0.25) is 0 Å². The maximum Gasteiger partial charge on any atom is 0.123 e. The predicted molar refractivity (Wildman–Crippen MR) is 72.0 cm³/mol. The van der Waals surface area contributed by atoms with Crippen molar-refractivity contribution in [1.29, 1.82) is 0 Å². The van der Waals surface area contributed by atoms with Gasteiger partial charge in [-0.2, -0.15) is 11.8 Å². The standard InChI is InChI=1S/C13H21NOS/c1-11(2)10-16-8-7-15-13-6-4-3-5-12(13)9-14/h3-6,11H,7-10,14H2,1-2H3. The Hall–Kier alpha value is -0.670. The second kappa shape index (κ2) is 7.58. The third-order valence-corrected chi connectivity index (χ3v) is 3.49. The molecule has 2 N–H and O–H groups in total. The zero-order valence-electron chi connectivity index (χ0n) is 10.1. The zero-order chi connectivity index (χ0) is 11.8. The van der Waals surface area contributed by atoms with E-state index in [-0.39, 0.29) is 0 Å². The van der Waals surface area contributed by atoms with E-state index in [1.165, 1.54) is 5.75 Å². The van der Waals surface area contributed by atoms with Gasteiger partial charge < -0.3 is 10.5 Å². The lowest BCUT2D eigenvalue weighted by Gasteiger charge is -2.10. The SMILES string of the molecule is CC(C)CSCCOc1ccccc1CN. The Kier molecular flexibility index (Phi) is 6.34. The van der Waals surface area contributed by atoms with Crippen LogP contribution >= 0.6 is 11.8 Å². The van der Waals surface area contributed by atoms with Crippen molar-refractivity contribution in [3.8, 4) is 5.75 Å². The Balaban J connectivity index is 2.26. The van der Waals surface area contributed by atoms with Crippen LogP contribution in [0.5, 0.6) is 5.75 Å². The summed E-state index contributed by atoms with van der Waals surface area (Å²) < 4.78 is 5.71. The molecule has 0 aliphatic rings. The van der Waals surface area contributed by atoms with E-state index >= 15 is 0 Å². The smallest absolute Gasteiger partial charge is 0.123 e. The van der Waals surface area contributed by atoms with Crippen molar-refractivity contribution < 1.29 is 4.74 Å². The second-order valence-electron chi connectivity index (χ2n) is 4.13. The summed E-state index contributed by atoms with van der Waals surface area (Å²) in [5, 5.41) is 0. The summed E-state index contributed by atoms with van der Waals surface area (Å²) >= 11 is 1.94. The molecule has 0 aliphatic heterocycles. The van der Waals surface area contributed by atoms with Gasteiger partial charge in [0.25, 0.3) is 0 Å². The van der Waals surface area contributed by atoms with Gasteiger partial charge in [-0.05, 0) is 17.7 Å². The average Bonchev–Trinajstić information content (AvgIpc) is 2.29. The summed E-state index contributed by atoms with van der Waals surface area (Å²) in [6, 6.07) is 7.96. The zero-order valence-corrected chi connectivity index (χ0v) is 10.9. The number of nitrogens with two attached hydrogens (primary N) is 1. The van der Waals surface area contributed by atoms with Crippen molar-refractivity contribution in [2.24, 2.45) is 11.7 Å². The number of hydrogen-bond donors (Lipinski definition) is 1. The predicted octanol–water partition coefficient (Wildman–Crippen LogP) is 2.91. The highest BCUT2D eigenvalue weighted by molar-refractivity contribution is 7.99. The lowest BCUT2D eigenvalue weighted by molar-refractivity contribution is 0.340. The molecule has 90 valence electrons. The van der Waals surface area contributed by atoms with Crippen LogP contribution in [0.2, 0.25) is 0 Å². The van der Waals surface area contributed by atoms with Gasteiger partial charge in [0.15, 0.2) is 0 Å². The summed E-state index contributed by atoms with van der Waals surface area (Å²) in [5.74, 6) is 3.91. The average molecular weight is 239 g/mol. The van der Waals surface area contributed by atoms with Gasteiger partial charge in [-0.25, -0.2) is 0 Å². The minimum absolute atomic E-state index is 0.537. The van der Waals surface area contributed by atoms with Crippen LogP contribution in [0.15, 0.2) is 24.3 Å². The van der Waals surface area contributed by atoms with E-state index in [1.54, 1.807) is 0 Å². The minimum Gasteiger partial charge on any atom is -0.492 e. The summed E-state index contributed by atoms with van der Waals surface area (Å²) in [6.07, 6.45) is 0. The van der Waals surface area contributed by atoms with E-state index in [1.807, 2.05) is 36.0 Å². The fourth-order valence-corrected chi connectivity index (χ4v) is 2.18. The molecular weight excluding hydrogens is 218 g/mol. The van der Waals surface area contributed by atoms with Gasteiger partial charge in [0, 0.05) is 17.9 Å². The van der Waals surface area contributed by atoms with E-state index in [0.29, 0.717) is 6.54 Å². The van der Waals surface area contributed by atoms with Gasteiger partial charge in [-0.15, -0.1) is 0 Å². The van der Waals surface area contributed by atoms with Crippen molar-refractivity contribution in [3.05, 3.63) is 29.8 Å². The third-order valence-electron chi connectivity index (χ3n) is 2.13. The van der Waals surface area contributed by atoms with Crippen LogP contribution in [-0.2, 0) is 6.54 Å². The monoisotopic (exact) mass is 239 g/mol. The quantitative estimate of drug-likeness (QED) is 0.743. The summed E-state index contributed by atoms with van der Waals surface area (Å²) in [5.41, 5.74) is 6.72. The van der Waals surface area contributed by atoms with Crippen molar-refractivity contribution >= 4 is 11.8 Å². The molecule has 0 fully saturated rings. The molecule has 0 spiro atoms. The first-order valence-electron chi connectivity index (χ1n) is 5.72. The maximum absolute atomic E-state index is 5.71. The maximum atomic E-state index is 5.71. The molecule has 0 aliphatic carbocycles. The van der Waals surface area contributed by atoms with E-state index in [0.717, 1.165) is 29.6 Å². The highest BCUT2D eigenvalue weighted by atomic mass is 32.2. The molecule has 1 rings (SSSR count). The highest BCUT2D eigenvalue weighted by Gasteiger charge is 2.00. The number of ether oxygens (including phenoxy) is 1. The molecule has 0 radical (unpaired) electrons. The first-order valence-corrected chi connectivity index (χ1v) is 6.88. The molecule has 1 aromatic rings. The lowest BCUT2D eigenvalue weighted by Crippen LogP contribution is -2.06. The first kappa shape index (κ1) is 13.4. The second-order valence-corrected chi connectivity index (χ2v) is 5.28. The topological polar surface area (TPSA) is 35.2 Å². The lowest BCUT2D eigenvalue weighted by atomic mass is 10.2. The molecule has 0 unspecified atom stereocenters. The van der Waals surface area contributed by atoms with Crippen LogP contribution in [0.1, 0.15) is 19.4 Å². The van der Waals surface area contributed by atoms with E-state index < -0.39 is 0 Å². The number of hydrogen-bond acceptors (Lipinski definition) is 3. The van der Waals surface area contributed by atoms with Crippen LogP contribution in [0, 0.1) is 5.92 Å². The van der Waals surface area contributed by atoms with Crippen LogP contribution < -0.4 is 10.5 Å². The van der Waals surface area contributed by atoms with E-state index in [2.05, 4.69) is 13.8 Å². The molecule has 0 atom stereocenters. The molecule has 0 heterocycles. The van der Waals surface area contributed by atoms with Crippen molar-refractivity contribution in [2.75, 3.05) is 18.1 Å². The Morgan fingerprint density at radius 1 is 1.31 bits per heavy atom. The van der Waals surface area contributed by atoms with Gasteiger partial charge >= 0.3 is 0 Å². The summed E-state index contributed by atoms with van der Waals surface area (Å²) in [7, 11) is 0. The van der Waals surface area contributed by atoms with Crippen molar-refractivity contribution in [3.63, 3.8) is 0 Å². The Morgan fingerprint density at radius 3 is 2.75 bits per heavy atom. The van der Waals surface area contributed by atoms with Crippen LogP contribution in [0.4, 0.5) is 0 Å². The van der Waals surface area contributed by atoms with E-state index in [9.17, 15) is 0 Å². The Morgan fingerprint density at radius 2 is 2.06 bits per heavy atom. The number of para-hydroxylation sites is 1. The largest absolute Gasteiger partial charge is 0.492 e. The molecular formula is C13H21NOS. The fraction of sp³-hybridized carbons (Fsp3) is 0.538. The van der Waals surface area contributed by atoms with Crippen LogP contribution in [0.25, 0.3) is 0 Å². The highest BCUT2D eigenvalue weighted by Crippen LogP contribution is 2.17. The van der Waals surface area contributed by atoms with Gasteiger partial charge in [0.05, 0.1) is 6.61 Å². The molecule has 0 saturated heterocycles. The van der Waals surface area contributed by atoms with E-state index in [4.69, 9.17) is 10.5 Å². The van der Waals surface area contributed by atoms with Gasteiger partial charge in [0.1, 0.15) is 5.75 Å². The summed E-state index contributed by atoms with van der Waals surface area (Å²) in [6.45, 7) is 5.76. The normalized spacial score (nSPS) is 10.8. The first-order chi connectivity index (χ1) is 7.74. The molecule has 3 heteroatoms. The molecule has 0 amide bonds. The number of benzene rings is 1. The Labute approximate surface area is 103 Å². The molecule has 0 bridgehead atoms. The van der Waals surface area contributed by atoms with Crippen molar-refractivity contribution in [1.82, 2.24) is 0 Å². The molecule has 2 nitrogen and oxygen atoms in total. The number of rotatable bonds is 7. The van der Waals surface area contributed by atoms with Gasteiger partial charge in [-0.3, -0.25) is 0 Å². The molecule has 1 aromatic carbocycles. The fourth-order valence-electron chi connectivity index (χ4n) is 1.34. The molecule has 0 aromatic heterocycles. The van der Waals surface area contributed by atoms with Crippen molar-refractivity contribution in [2.45, 2.75) is 20.4 Å². The van der Waals surface area contributed by atoms with Gasteiger partial charge in [-0.1, -0.05) is 32.0 Å². The molecule has 16 heavy (non-hydrogen) atoms. The Bertz CT molecular complexity index is 302. The molecule has 0 saturated carbocycles. The van der Waals surface area contributed by atoms with Crippen LogP contribution in [-0.4, -0.2) is 18.1 Å². The minimum atomic E-state index is 0.537.